The van der Waals surface area contributed by atoms with Crippen molar-refractivity contribution in [2.24, 2.45) is 5.92 Å². The second kappa shape index (κ2) is 11.2. The van der Waals surface area contributed by atoms with Gasteiger partial charge < -0.3 is 19.6 Å². The van der Waals surface area contributed by atoms with Crippen molar-refractivity contribution < 1.29 is 23.8 Å². The van der Waals surface area contributed by atoms with E-state index in [-0.39, 0.29) is 42.3 Å². The summed E-state index contributed by atoms with van der Waals surface area (Å²) in [4.78, 5) is 34.3. The number of likely N-dealkylation sites (N-methyl/N-ethyl adjacent to an activating group) is 1. The van der Waals surface area contributed by atoms with Crippen molar-refractivity contribution >= 4 is 17.4 Å². The first-order valence-electron chi connectivity index (χ1n) is 12.6. The van der Waals surface area contributed by atoms with Crippen LogP contribution in [0.25, 0.3) is 5.57 Å². The Balaban J connectivity index is 1.65. The number of aliphatic hydroxyl groups is 1. The van der Waals surface area contributed by atoms with Crippen LogP contribution in [0.1, 0.15) is 65.8 Å². The van der Waals surface area contributed by atoms with Gasteiger partial charge in [0.1, 0.15) is 17.5 Å². The second-order valence-corrected chi connectivity index (χ2v) is 9.87. The Bertz CT molecular complexity index is 1150. The first-order valence-corrected chi connectivity index (χ1v) is 12.6. The van der Waals surface area contributed by atoms with Crippen molar-refractivity contribution in [2.75, 3.05) is 26.7 Å². The maximum atomic E-state index is 13.7. The predicted octanol–water partition coefficient (Wildman–Crippen LogP) is 4.17. The molecule has 0 unspecified atom stereocenters. The largest absolute Gasteiger partial charge is 0.472 e. The predicted molar refractivity (Wildman–Crippen MR) is 135 cm³/mol. The Labute approximate surface area is 211 Å². The average Bonchev–Trinajstić information content (AvgIpc) is 2.90. The Morgan fingerprint density at radius 1 is 1.33 bits per heavy atom. The van der Waals surface area contributed by atoms with Crippen LogP contribution in [0.3, 0.4) is 0 Å². The van der Waals surface area contributed by atoms with E-state index >= 15 is 0 Å². The number of allylic oxidation sites excluding steroid dienone is 2. The highest BCUT2D eigenvalue weighted by Gasteiger charge is 2.35. The number of halogens is 1. The zero-order valence-corrected chi connectivity index (χ0v) is 21.1. The first-order chi connectivity index (χ1) is 17.3. The molecule has 0 spiro atoms. The van der Waals surface area contributed by atoms with E-state index in [0.29, 0.717) is 12.1 Å². The van der Waals surface area contributed by atoms with Crippen LogP contribution < -0.4 is 4.74 Å². The van der Waals surface area contributed by atoms with E-state index in [9.17, 15) is 19.1 Å². The highest BCUT2D eigenvalue weighted by molar-refractivity contribution is 5.97. The lowest BCUT2D eigenvalue weighted by atomic mass is 9.93. The van der Waals surface area contributed by atoms with E-state index in [0.717, 1.165) is 31.2 Å². The third-order valence-corrected chi connectivity index (χ3v) is 7.05. The number of carbonyl (C=O) groups is 2. The first kappa shape index (κ1) is 25.8. The average molecular weight is 496 g/mol. The second-order valence-electron chi connectivity index (χ2n) is 9.87. The maximum Gasteiger partial charge on any atom is 0.259 e. The molecule has 36 heavy (non-hydrogen) atoms. The quantitative estimate of drug-likeness (QED) is 0.651. The summed E-state index contributed by atoms with van der Waals surface area (Å²) in [6.45, 7) is 4.15. The Morgan fingerprint density at radius 3 is 2.83 bits per heavy atom. The lowest BCUT2D eigenvalue weighted by Gasteiger charge is -2.37. The Hall–Kier alpha value is -3.26. The molecular weight excluding hydrogens is 461 g/mol. The van der Waals surface area contributed by atoms with Crippen LogP contribution >= 0.6 is 0 Å². The summed E-state index contributed by atoms with van der Waals surface area (Å²) in [6.07, 6.45) is 7.69. The molecule has 0 radical (unpaired) electrons. The van der Waals surface area contributed by atoms with Crippen LogP contribution in [0.4, 0.5) is 4.39 Å². The van der Waals surface area contributed by atoms with Crippen molar-refractivity contribution in [1.29, 1.82) is 0 Å². The minimum absolute atomic E-state index is 0.165. The summed E-state index contributed by atoms with van der Waals surface area (Å²) in [7, 11) is 1.65. The molecule has 7 nitrogen and oxygen atoms in total. The molecule has 3 atom stereocenters. The number of fused-ring (bicyclic) bond motifs is 1. The number of pyridine rings is 1. The number of nitrogens with zero attached hydrogens (tertiary/aromatic N) is 3. The van der Waals surface area contributed by atoms with Gasteiger partial charge in [0.25, 0.3) is 11.8 Å². The summed E-state index contributed by atoms with van der Waals surface area (Å²) in [5.41, 5.74) is 2.70. The number of aromatic nitrogens is 1. The summed E-state index contributed by atoms with van der Waals surface area (Å²) in [5, 5.41) is 9.86. The molecule has 4 rings (SSSR count). The SMILES string of the molecule is C[C@H]1CN([C@@H](C)CO)C(=O)c2cc(C3=CCCCC3)cnc2O[C@@H]1CN(C)C(=O)c1cccc(F)c1. The molecule has 1 aromatic carbocycles. The molecule has 2 amide bonds. The standard InChI is InChI=1S/C28H34FN3O4/c1-18-15-32(19(2)17-33)28(35)24-13-22(20-8-5-4-6-9-20)14-30-26(24)36-25(18)16-31(3)27(34)21-10-7-11-23(29)12-21/h7-8,10-14,18-19,25,33H,4-6,9,15-17H2,1-3H3/t18-,19-,25+/m0/s1. The highest BCUT2D eigenvalue weighted by atomic mass is 19.1. The van der Waals surface area contributed by atoms with Crippen molar-refractivity contribution in [3.05, 3.63) is 65.1 Å². The fourth-order valence-electron chi connectivity index (χ4n) is 4.79. The number of rotatable bonds is 6. The fourth-order valence-corrected chi connectivity index (χ4v) is 4.79. The topological polar surface area (TPSA) is 83.0 Å². The minimum atomic E-state index is -0.473. The smallest absolute Gasteiger partial charge is 0.259 e. The van der Waals surface area contributed by atoms with Crippen molar-refractivity contribution in [3.63, 3.8) is 0 Å². The molecule has 2 aromatic rings. The molecule has 1 N–H and O–H groups in total. The summed E-state index contributed by atoms with van der Waals surface area (Å²) >= 11 is 0. The summed E-state index contributed by atoms with van der Waals surface area (Å²) in [6, 6.07) is 7.04. The highest BCUT2D eigenvalue weighted by Crippen LogP contribution is 2.32. The van der Waals surface area contributed by atoms with Gasteiger partial charge in [-0.2, -0.15) is 0 Å². The van der Waals surface area contributed by atoms with Gasteiger partial charge in [-0.05, 0) is 68.0 Å². The van der Waals surface area contributed by atoms with Gasteiger partial charge in [-0.1, -0.05) is 19.1 Å². The lowest BCUT2D eigenvalue weighted by molar-refractivity contribution is 0.0313. The minimum Gasteiger partial charge on any atom is -0.472 e. The zero-order valence-electron chi connectivity index (χ0n) is 21.1. The summed E-state index contributed by atoms with van der Waals surface area (Å²) in [5.74, 6) is -0.970. The number of amides is 2. The molecular formula is C28H34FN3O4. The van der Waals surface area contributed by atoms with E-state index in [1.807, 2.05) is 19.9 Å². The molecule has 1 aromatic heterocycles. The Morgan fingerprint density at radius 2 is 2.14 bits per heavy atom. The molecule has 0 saturated carbocycles. The monoisotopic (exact) mass is 495 g/mol. The van der Waals surface area contributed by atoms with Gasteiger partial charge >= 0.3 is 0 Å². The number of aliphatic hydroxyl groups excluding tert-OH is 1. The molecule has 2 aliphatic rings. The van der Waals surface area contributed by atoms with Crippen LogP contribution in [0.5, 0.6) is 5.88 Å². The van der Waals surface area contributed by atoms with Gasteiger partial charge in [0.05, 0.1) is 19.2 Å². The molecule has 0 saturated heterocycles. The molecule has 0 bridgehead atoms. The van der Waals surface area contributed by atoms with Crippen LogP contribution in [-0.4, -0.2) is 70.6 Å². The number of hydrogen-bond acceptors (Lipinski definition) is 5. The van der Waals surface area contributed by atoms with Crippen LogP contribution in [0.2, 0.25) is 0 Å². The molecule has 1 aliphatic carbocycles. The third kappa shape index (κ3) is 5.59. The number of carbonyl (C=O) groups excluding carboxylic acids is 2. The van der Waals surface area contributed by atoms with Gasteiger partial charge in [0, 0.05) is 31.3 Å². The number of benzene rings is 1. The van der Waals surface area contributed by atoms with E-state index in [4.69, 9.17) is 4.74 Å². The van der Waals surface area contributed by atoms with Gasteiger partial charge in [-0.25, -0.2) is 9.37 Å². The van der Waals surface area contributed by atoms with E-state index < -0.39 is 18.0 Å². The number of ether oxygens (including phenoxy) is 1. The van der Waals surface area contributed by atoms with Crippen molar-refractivity contribution in [3.8, 4) is 5.88 Å². The molecule has 0 fully saturated rings. The van der Waals surface area contributed by atoms with Gasteiger partial charge in [-0.3, -0.25) is 9.59 Å². The van der Waals surface area contributed by atoms with E-state index in [1.54, 1.807) is 24.2 Å². The lowest BCUT2D eigenvalue weighted by Crippen LogP contribution is -2.50. The van der Waals surface area contributed by atoms with Gasteiger partial charge in [0.15, 0.2) is 0 Å². The fraction of sp³-hybridized carbons (Fsp3) is 0.464. The van der Waals surface area contributed by atoms with Crippen molar-refractivity contribution in [2.45, 2.75) is 51.7 Å². The summed E-state index contributed by atoms with van der Waals surface area (Å²) < 4.78 is 20.0. The Kier molecular flexibility index (Phi) is 8.04. The van der Waals surface area contributed by atoms with Gasteiger partial charge in [0.2, 0.25) is 5.88 Å². The van der Waals surface area contributed by atoms with Gasteiger partial charge in [-0.15, -0.1) is 0 Å². The van der Waals surface area contributed by atoms with Crippen LogP contribution in [-0.2, 0) is 0 Å². The molecule has 1 aliphatic heterocycles. The molecule has 2 heterocycles. The maximum absolute atomic E-state index is 13.7. The van der Waals surface area contributed by atoms with E-state index in [1.165, 1.54) is 28.7 Å². The van der Waals surface area contributed by atoms with Crippen molar-refractivity contribution in [1.82, 2.24) is 14.8 Å². The third-order valence-electron chi connectivity index (χ3n) is 7.05. The normalized spacial score (nSPS) is 21.0. The van der Waals surface area contributed by atoms with Crippen LogP contribution in [0.15, 0.2) is 42.6 Å². The van der Waals surface area contributed by atoms with Crippen LogP contribution in [0, 0.1) is 11.7 Å². The number of hydrogen-bond donors (Lipinski definition) is 1. The van der Waals surface area contributed by atoms with E-state index in [2.05, 4.69) is 11.1 Å². The zero-order chi connectivity index (χ0) is 25.8. The molecule has 8 heteroatoms. The molecule has 192 valence electrons.